The number of hydrogen-bond acceptors (Lipinski definition) is 7. The third kappa shape index (κ3) is 4.18. The lowest BCUT2D eigenvalue weighted by atomic mass is 10.1. The van der Waals surface area contributed by atoms with Crippen LogP contribution in [0.1, 0.15) is 11.7 Å². The average molecular weight is 344 g/mol. The van der Waals surface area contributed by atoms with Crippen LogP contribution in [0.4, 0.5) is 5.95 Å². The number of nitrogens with zero attached hydrogens (tertiary/aromatic N) is 4. The van der Waals surface area contributed by atoms with E-state index in [0.717, 1.165) is 37.7 Å². The Morgan fingerprint density at radius 1 is 1.08 bits per heavy atom. The van der Waals surface area contributed by atoms with Crippen LogP contribution in [0, 0.1) is 0 Å². The zero-order valence-electron chi connectivity index (χ0n) is 14.6. The molecule has 1 atom stereocenters. The molecular weight excluding hydrogens is 320 g/mol. The highest BCUT2D eigenvalue weighted by atomic mass is 16.5. The molecular formula is C18H24N4O3. The van der Waals surface area contributed by atoms with Gasteiger partial charge >= 0.3 is 0 Å². The van der Waals surface area contributed by atoms with Crippen LogP contribution >= 0.6 is 0 Å². The lowest BCUT2D eigenvalue weighted by molar-refractivity contribution is 0.107. The molecule has 0 amide bonds. The summed E-state index contributed by atoms with van der Waals surface area (Å²) in [6.07, 6.45) is 2.88. The van der Waals surface area contributed by atoms with Gasteiger partial charge < -0.3 is 19.5 Å². The number of rotatable bonds is 6. The fourth-order valence-corrected chi connectivity index (χ4v) is 3.03. The summed E-state index contributed by atoms with van der Waals surface area (Å²) < 4.78 is 10.6. The molecule has 1 saturated heterocycles. The number of hydrogen-bond donors (Lipinski definition) is 1. The first-order valence-corrected chi connectivity index (χ1v) is 8.35. The van der Waals surface area contributed by atoms with Crippen LogP contribution < -0.4 is 14.4 Å². The van der Waals surface area contributed by atoms with Gasteiger partial charge in [-0.25, -0.2) is 9.97 Å². The quantitative estimate of drug-likeness (QED) is 0.848. The van der Waals surface area contributed by atoms with E-state index in [4.69, 9.17) is 9.47 Å². The topological polar surface area (TPSA) is 71.0 Å². The van der Waals surface area contributed by atoms with Crippen LogP contribution in [0.5, 0.6) is 11.5 Å². The molecule has 0 bridgehead atoms. The van der Waals surface area contributed by atoms with Crippen LogP contribution in [0.25, 0.3) is 0 Å². The average Bonchev–Trinajstić information content (AvgIpc) is 2.68. The molecule has 25 heavy (non-hydrogen) atoms. The lowest BCUT2D eigenvalue weighted by Gasteiger charge is -2.35. The van der Waals surface area contributed by atoms with Gasteiger partial charge in [-0.05, 0) is 24.3 Å². The first-order chi connectivity index (χ1) is 12.2. The number of methoxy groups -OCH3 is 2. The highest BCUT2D eigenvalue weighted by molar-refractivity contribution is 5.41. The van der Waals surface area contributed by atoms with Crippen molar-refractivity contribution in [3.63, 3.8) is 0 Å². The molecule has 0 saturated carbocycles. The van der Waals surface area contributed by atoms with Gasteiger partial charge in [0, 0.05) is 50.7 Å². The monoisotopic (exact) mass is 344 g/mol. The Kier molecular flexibility index (Phi) is 5.67. The van der Waals surface area contributed by atoms with E-state index in [1.54, 1.807) is 26.6 Å². The summed E-state index contributed by atoms with van der Waals surface area (Å²) in [6.45, 7) is 3.92. The summed E-state index contributed by atoms with van der Waals surface area (Å²) in [5, 5.41) is 10.7. The van der Waals surface area contributed by atoms with Gasteiger partial charge in [0.25, 0.3) is 0 Å². The second-order valence-corrected chi connectivity index (χ2v) is 5.96. The van der Waals surface area contributed by atoms with Crippen LogP contribution in [-0.4, -0.2) is 66.9 Å². The molecule has 0 unspecified atom stereocenters. The van der Waals surface area contributed by atoms with E-state index in [2.05, 4.69) is 19.8 Å². The van der Waals surface area contributed by atoms with Gasteiger partial charge in [-0.3, -0.25) is 4.90 Å². The van der Waals surface area contributed by atoms with E-state index < -0.39 is 6.10 Å². The van der Waals surface area contributed by atoms with E-state index in [-0.39, 0.29) is 0 Å². The van der Waals surface area contributed by atoms with Gasteiger partial charge in [0.1, 0.15) is 11.5 Å². The Labute approximate surface area is 147 Å². The summed E-state index contributed by atoms with van der Waals surface area (Å²) in [4.78, 5) is 13.0. The zero-order chi connectivity index (χ0) is 17.6. The largest absolute Gasteiger partial charge is 0.497 e. The number of β-amino-alcohol motifs (C(OH)–C–C–N with tert-alkyl or cyclic N) is 1. The van der Waals surface area contributed by atoms with Crippen molar-refractivity contribution in [2.75, 3.05) is 51.8 Å². The van der Waals surface area contributed by atoms with Gasteiger partial charge in [-0.2, -0.15) is 0 Å². The highest BCUT2D eigenvalue weighted by Gasteiger charge is 2.23. The first-order valence-electron chi connectivity index (χ1n) is 8.35. The van der Waals surface area contributed by atoms with E-state index in [0.29, 0.717) is 18.0 Å². The number of piperazine rings is 1. The van der Waals surface area contributed by atoms with Crippen LogP contribution in [-0.2, 0) is 0 Å². The molecule has 1 aliphatic heterocycles. The second-order valence-electron chi connectivity index (χ2n) is 5.96. The van der Waals surface area contributed by atoms with Crippen LogP contribution in [0.15, 0.2) is 36.7 Å². The number of aliphatic hydroxyl groups is 1. The number of benzene rings is 1. The van der Waals surface area contributed by atoms with Gasteiger partial charge in [0.2, 0.25) is 5.95 Å². The van der Waals surface area contributed by atoms with Gasteiger partial charge in [-0.1, -0.05) is 0 Å². The minimum Gasteiger partial charge on any atom is -0.497 e. The van der Waals surface area contributed by atoms with Crippen molar-refractivity contribution < 1.29 is 14.6 Å². The van der Waals surface area contributed by atoms with Gasteiger partial charge in [-0.15, -0.1) is 0 Å². The van der Waals surface area contributed by atoms with Crippen molar-refractivity contribution >= 4 is 5.95 Å². The molecule has 7 heteroatoms. The normalized spacial score (nSPS) is 16.5. The lowest BCUT2D eigenvalue weighted by Crippen LogP contribution is -2.48. The van der Waals surface area contributed by atoms with Crippen LogP contribution in [0.3, 0.4) is 0 Å². The Balaban J connectivity index is 1.60. The first kappa shape index (κ1) is 17.4. The summed E-state index contributed by atoms with van der Waals surface area (Å²) >= 11 is 0. The number of aromatic nitrogens is 2. The predicted octanol–water partition coefficient (Wildman–Crippen LogP) is 1.35. The van der Waals surface area contributed by atoms with Gasteiger partial charge in [0.15, 0.2) is 0 Å². The molecule has 7 nitrogen and oxygen atoms in total. The third-order valence-corrected chi connectivity index (χ3v) is 4.43. The van der Waals surface area contributed by atoms with Gasteiger partial charge in [0.05, 0.1) is 20.3 Å². The maximum absolute atomic E-state index is 10.7. The maximum atomic E-state index is 10.7. The molecule has 0 radical (unpaired) electrons. The number of ether oxygens (including phenoxy) is 2. The van der Waals surface area contributed by atoms with Crippen LogP contribution in [0.2, 0.25) is 0 Å². The van der Waals surface area contributed by atoms with E-state index >= 15 is 0 Å². The van der Waals surface area contributed by atoms with E-state index in [1.807, 2.05) is 24.3 Å². The standard InChI is InChI=1S/C18H24N4O3/c1-24-14-4-5-17(25-2)15(12-14)16(23)13-21-8-10-22(11-9-21)18-19-6-3-7-20-18/h3-7,12,16,23H,8-11,13H2,1-2H3/t16-/m0/s1. The summed E-state index contributed by atoms with van der Waals surface area (Å²) in [5.41, 5.74) is 0.746. The summed E-state index contributed by atoms with van der Waals surface area (Å²) in [7, 11) is 3.22. The molecule has 3 rings (SSSR count). The van der Waals surface area contributed by atoms with Crippen molar-refractivity contribution in [2.24, 2.45) is 0 Å². The highest BCUT2D eigenvalue weighted by Crippen LogP contribution is 2.30. The molecule has 2 aromatic rings. The Morgan fingerprint density at radius 3 is 2.44 bits per heavy atom. The smallest absolute Gasteiger partial charge is 0.225 e. The summed E-state index contributed by atoms with van der Waals surface area (Å²) in [6, 6.07) is 7.30. The molecule has 1 aromatic carbocycles. The van der Waals surface area contributed by atoms with Crippen molar-refractivity contribution in [1.82, 2.24) is 14.9 Å². The van der Waals surface area contributed by atoms with E-state index in [9.17, 15) is 5.11 Å². The molecule has 134 valence electrons. The predicted molar refractivity (Wildman–Crippen MR) is 95.2 cm³/mol. The Hall–Kier alpha value is -2.38. The second kappa shape index (κ2) is 8.13. The minimum absolute atomic E-state index is 0.549. The van der Waals surface area contributed by atoms with Crippen molar-refractivity contribution in [3.8, 4) is 11.5 Å². The molecule has 0 aliphatic carbocycles. The SMILES string of the molecule is COc1ccc(OC)c([C@@H](O)CN2CCN(c3ncccn3)CC2)c1. The molecule has 1 fully saturated rings. The van der Waals surface area contributed by atoms with Crippen molar-refractivity contribution in [2.45, 2.75) is 6.10 Å². The fraction of sp³-hybridized carbons (Fsp3) is 0.444. The minimum atomic E-state index is -0.635. The number of aliphatic hydroxyl groups excluding tert-OH is 1. The molecule has 1 aliphatic rings. The fourth-order valence-electron chi connectivity index (χ4n) is 3.03. The molecule has 2 heterocycles. The zero-order valence-corrected chi connectivity index (χ0v) is 14.6. The van der Waals surface area contributed by atoms with Crippen molar-refractivity contribution in [3.05, 3.63) is 42.2 Å². The van der Waals surface area contributed by atoms with Crippen molar-refractivity contribution in [1.29, 1.82) is 0 Å². The van der Waals surface area contributed by atoms with E-state index in [1.165, 1.54) is 0 Å². The molecule has 1 N–H and O–H groups in total. The third-order valence-electron chi connectivity index (χ3n) is 4.43. The Morgan fingerprint density at radius 2 is 1.80 bits per heavy atom. The Bertz CT molecular complexity index is 675. The summed E-state index contributed by atoms with van der Waals surface area (Å²) in [5.74, 6) is 2.14. The maximum Gasteiger partial charge on any atom is 0.225 e. The number of anilines is 1. The molecule has 0 spiro atoms. The molecule has 1 aromatic heterocycles.